The normalized spacial score (nSPS) is 11.4. The first kappa shape index (κ1) is 24.3. The third-order valence-electron chi connectivity index (χ3n) is 6.88. The van der Waals surface area contributed by atoms with Crippen molar-refractivity contribution in [3.05, 3.63) is 160 Å². The number of anilines is 3. The van der Waals surface area contributed by atoms with Gasteiger partial charge in [-0.1, -0.05) is 84.9 Å². The van der Waals surface area contributed by atoms with Gasteiger partial charge in [-0.25, -0.2) is 0 Å². The number of hydrogen-bond donors (Lipinski definition) is 0. The summed E-state index contributed by atoms with van der Waals surface area (Å²) < 4.78 is 0. The maximum absolute atomic E-state index is 2.33. The number of aryl methyl sites for hydroxylation is 4. The first-order chi connectivity index (χ1) is 18.0. The molecule has 0 aliphatic heterocycles. The Morgan fingerprint density at radius 2 is 1.11 bits per heavy atom. The van der Waals surface area contributed by atoms with Gasteiger partial charge in [0.15, 0.2) is 0 Å². The molecule has 0 heterocycles. The third-order valence-corrected chi connectivity index (χ3v) is 6.88. The van der Waals surface area contributed by atoms with Crippen LogP contribution in [-0.4, -0.2) is 0 Å². The number of benzene rings is 5. The lowest BCUT2D eigenvalue weighted by atomic mass is 9.93. The van der Waals surface area contributed by atoms with Crippen LogP contribution in [0.15, 0.2) is 121 Å². The predicted octanol–water partition coefficient (Wildman–Crippen LogP) is 9.98. The molecule has 0 amide bonds. The molecule has 0 aliphatic carbocycles. The SMILES string of the molecule is Cc1cccc(N(c2ccc(C=C(c3ccccc3)c3ccc(C)c(C)c3)cc2)c2cccc(C)c2)c1. The minimum absolute atomic E-state index is 1.14. The monoisotopic (exact) mass is 479 g/mol. The van der Waals surface area contributed by atoms with Crippen molar-refractivity contribution < 1.29 is 0 Å². The Labute approximate surface area is 221 Å². The quantitative estimate of drug-likeness (QED) is 0.219. The molecule has 1 heteroatoms. The van der Waals surface area contributed by atoms with Crippen molar-refractivity contribution in [3.63, 3.8) is 0 Å². The Morgan fingerprint density at radius 1 is 0.486 bits per heavy atom. The van der Waals surface area contributed by atoms with Crippen LogP contribution >= 0.6 is 0 Å². The molecule has 0 atom stereocenters. The predicted molar refractivity (Wildman–Crippen MR) is 160 cm³/mol. The van der Waals surface area contributed by atoms with Gasteiger partial charge in [-0.2, -0.15) is 0 Å². The van der Waals surface area contributed by atoms with Gasteiger partial charge in [0, 0.05) is 17.1 Å². The van der Waals surface area contributed by atoms with Gasteiger partial charge < -0.3 is 4.90 Å². The second-order valence-electron chi connectivity index (χ2n) is 9.83. The van der Waals surface area contributed by atoms with E-state index in [2.05, 4.69) is 160 Å². The third kappa shape index (κ3) is 5.57. The highest BCUT2D eigenvalue weighted by atomic mass is 15.1. The van der Waals surface area contributed by atoms with E-state index in [1.165, 1.54) is 44.5 Å². The van der Waals surface area contributed by atoms with Gasteiger partial charge in [0.05, 0.1) is 0 Å². The van der Waals surface area contributed by atoms with Crippen LogP contribution in [0.5, 0.6) is 0 Å². The molecular weight excluding hydrogens is 446 g/mol. The maximum atomic E-state index is 2.33. The lowest BCUT2D eigenvalue weighted by Crippen LogP contribution is -2.10. The van der Waals surface area contributed by atoms with E-state index in [4.69, 9.17) is 0 Å². The summed E-state index contributed by atoms with van der Waals surface area (Å²) in [5, 5.41) is 0. The van der Waals surface area contributed by atoms with Crippen molar-refractivity contribution in [2.75, 3.05) is 4.90 Å². The summed E-state index contributed by atoms with van der Waals surface area (Å²) in [7, 11) is 0. The van der Waals surface area contributed by atoms with E-state index in [-0.39, 0.29) is 0 Å². The van der Waals surface area contributed by atoms with Crippen molar-refractivity contribution in [3.8, 4) is 0 Å². The molecule has 0 aromatic heterocycles. The van der Waals surface area contributed by atoms with Crippen LogP contribution in [0, 0.1) is 27.7 Å². The van der Waals surface area contributed by atoms with Gasteiger partial charge in [0.2, 0.25) is 0 Å². The number of rotatable bonds is 6. The van der Waals surface area contributed by atoms with Crippen LogP contribution in [0.2, 0.25) is 0 Å². The van der Waals surface area contributed by atoms with Gasteiger partial charge >= 0.3 is 0 Å². The molecule has 0 unspecified atom stereocenters. The van der Waals surface area contributed by atoms with Crippen molar-refractivity contribution in [1.82, 2.24) is 0 Å². The molecule has 0 spiro atoms. The molecule has 0 saturated carbocycles. The van der Waals surface area contributed by atoms with Gasteiger partial charge in [-0.3, -0.25) is 0 Å². The van der Waals surface area contributed by atoms with E-state index >= 15 is 0 Å². The first-order valence-corrected chi connectivity index (χ1v) is 12.9. The standard InChI is InChI=1S/C36H33N/c1-26-10-8-14-34(22-26)37(35-15-9-11-27(2)23-35)33-20-17-30(18-21-33)25-36(31-12-6-5-7-13-31)32-19-16-28(3)29(4)24-32/h5-25H,1-4H3. The van der Waals surface area contributed by atoms with E-state index in [9.17, 15) is 0 Å². The molecule has 5 rings (SSSR count). The second kappa shape index (κ2) is 10.7. The van der Waals surface area contributed by atoms with Gasteiger partial charge in [0.1, 0.15) is 0 Å². The highest BCUT2D eigenvalue weighted by Gasteiger charge is 2.13. The fourth-order valence-electron chi connectivity index (χ4n) is 4.73. The lowest BCUT2D eigenvalue weighted by molar-refractivity contribution is 1.26. The van der Waals surface area contributed by atoms with Gasteiger partial charge in [0.25, 0.3) is 0 Å². The largest absolute Gasteiger partial charge is 0.310 e. The average Bonchev–Trinajstić information content (AvgIpc) is 2.91. The number of nitrogens with zero attached hydrogens (tertiary/aromatic N) is 1. The zero-order valence-corrected chi connectivity index (χ0v) is 22.1. The molecule has 0 N–H and O–H groups in total. The minimum atomic E-state index is 1.14. The molecule has 5 aromatic carbocycles. The average molecular weight is 480 g/mol. The molecule has 1 nitrogen and oxygen atoms in total. The van der Waals surface area contributed by atoms with Crippen LogP contribution in [0.3, 0.4) is 0 Å². The smallest absolute Gasteiger partial charge is 0.0464 e. The summed E-state index contributed by atoms with van der Waals surface area (Å²) in [6.45, 7) is 8.63. The lowest BCUT2D eigenvalue weighted by Gasteiger charge is -2.26. The Bertz CT molecular complexity index is 1500. The first-order valence-electron chi connectivity index (χ1n) is 12.9. The maximum Gasteiger partial charge on any atom is 0.0464 e. The summed E-state index contributed by atoms with van der Waals surface area (Å²) >= 11 is 0. The zero-order valence-electron chi connectivity index (χ0n) is 22.1. The Balaban J connectivity index is 1.58. The van der Waals surface area contributed by atoms with Crippen molar-refractivity contribution in [2.45, 2.75) is 27.7 Å². The fourth-order valence-corrected chi connectivity index (χ4v) is 4.73. The summed E-state index contributed by atoms with van der Waals surface area (Å²) in [6.07, 6.45) is 2.30. The molecule has 0 bridgehead atoms. The molecule has 5 aromatic rings. The molecular formula is C36H33N. The van der Waals surface area contributed by atoms with Gasteiger partial charge in [-0.15, -0.1) is 0 Å². The Hall–Kier alpha value is -4.36. The van der Waals surface area contributed by atoms with E-state index in [0.29, 0.717) is 0 Å². The molecule has 37 heavy (non-hydrogen) atoms. The van der Waals surface area contributed by atoms with Crippen molar-refractivity contribution in [1.29, 1.82) is 0 Å². The van der Waals surface area contributed by atoms with Crippen LogP contribution in [0.1, 0.15) is 38.9 Å². The molecule has 0 radical (unpaired) electrons. The highest BCUT2D eigenvalue weighted by Crippen LogP contribution is 2.36. The van der Waals surface area contributed by atoms with E-state index in [1.54, 1.807) is 0 Å². The topological polar surface area (TPSA) is 3.24 Å². The molecule has 182 valence electrons. The summed E-state index contributed by atoms with van der Waals surface area (Å²) in [4.78, 5) is 2.33. The van der Waals surface area contributed by atoms with Crippen molar-refractivity contribution in [2.24, 2.45) is 0 Å². The zero-order chi connectivity index (χ0) is 25.8. The summed E-state index contributed by atoms with van der Waals surface area (Å²) in [5.74, 6) is 0. The summed E-state index contributed by atoms with van der Waals surface area (Å²) in [6, 6.07) is 43.6. The van der Waals surface area contributed by atoms with Gasteiger partial charge in [-0.05, 0) is 115 Å². The fraction of sp³-hybridized carbons (Fsp3) is 0.111. The van der Waals surface area contributed by atoms with Crippen LogP contribution in [0.4, 0.5) is 17.1 Å². The molecule has 0 saturated heterocycles. The van der Waals surface area contributed by atoms with Crippen LogP contribution in [0.25, 0.3) is 11.6 Å². The minimum Gasteiger partial charge on any atom is -0.310 e. The second-order valence-corrected chi connectivity index (χ2v) is 9.83. The molecule has 0 aliphatic rings. The Kier molecular flexibility index (Phi) is 7.05. The van der Waals surface area contributed by atoms with E-state index in [0.717, 1.165) is 17.1 Å². The van der Waals surface area contributed by atoms with Crippen molar-refractivity contribution >= 4 is 28.7 Å². The van der Waals surface area contributed by atoms with E-state index in [1.807, 2.05) is 0 Å². The van der Waals surface area contributed by atoms with Crippen LogP contribution in [-0.2, 0) is 0 Å². The van der Waals surface area contributed by atoms with Crippen LogP contribution < -0.4 is 4.90 Å². The highest BCUT2D eigenvalue weighted by molar-refractivity contribution is 5.92. The molecule has 0 fully saturated rings. The Morgan fingerprint density at radius 3 is 1.68 bits per heavy atom. The summed E-state index contributed by atoms with van der Waals surface area (Å²) in [5.41, 5.74) is 13.4. The van der Waals surface area contributed by atoms with E-state index < -0.39 is 0 Å². The number of hydrogen-bond acceptors (Lipinski definition) is 1.